The highest BCUT2D eigenvalue weighted by molar-refractivity contribution is 5.81. The Labute approximate surface area is 112 Å². The van der Waals surface area contributed by atoms with E-state index in [1.54, 1.807) is 12.4 Å². The van der Waals surface area contributed by atoms with Gasteiger partial charge in [-0.05, 0) is 43.3 Å². The van der Waals surface area contributed by atoms with Gasteiger partial charge in [0.15, 0.2) is 0 Å². The second-order valence-electron chi connectivity index (χ2n) is 4.64. The van der Waals surface area contributed by atoms with Crippen molar-refractivity contribution in [2.24, 2.45) is 0 Å². The molecule has 19 heavy (non-hydrogen) atoms. The van der Waals surface area contributed by atoms with Crippen LogP contribution in [0.4, 0.5) is 0 Å². The highest BCUT2D eigenvalue weighted by Gasteiger charge is 2.17. The molecule has 0 aliphatic heterocycles. The number of pyridine rings is 1. The van der Waals surface area contributed by atoms with Crippen molar-refractivity contribution in [1.29, 1.82) is 0 Å². The number of aromatic nitrogens is 1. The molecule has 0 saturated carbocycles. The minimum Gasteiger partial charge on any atom is -0.459 e. The van der Waals surface area contributed by atoms with Crippen molar-refractivity contribution >= 4 is 11.0 Å². The fourth-order valence-electron chi connectivity index (χ4n) is 2.40. The van der Waals surface area contributed by atoms with Crippen molar-refractivity contribution in [2.75, 3.05) is 7.05 Å². The van der Waals surface area contributed by atoms with Crippen LogP contribution in [0.15, 0.2) is 53.2 Å². The monoisotopic (exact) mass is 252 g/mol. The number of hydrogen-bond donors (Lipinski definition) is 1. The summed E-state index contributed by atoms with van der Waals surface area (Å²) in [7, 11) is 1.94. The fourth-order valence-corrected chi connectivity index (χ4v) is 2.40. The summed E-state index contributed by atoms with van der Waals surface area (Å²) >= 11 is 0. The lowest BCUT2D eigenvalue weighted by atomic mass is 10.1. The van der Waals surface area contributed by atoms with Gasteiger partial charge >= 0.3 is 0 Å². The number of rotatable bonds is 3. The van der Waals surface area contributed by atoms with Gasteiger partial charge in [0.1, 0.15) is 11.3 Å². The molecule has 2 aromatic heterocycles. The molecule has 1 aromatic carbocycles. The van der Waals surface area contributed by atoms with Gasteiger partial charge in [-0.3, -0.25) is 4.98 Å². The average molecular weight is 252 g/mol. The molecule has 0 fully saturated rings. The molecule has 1 N–H and O–H groups in total. The maximum atomic E-state index is 6.02. The van der Waals surface area contributed by atoms with Crippen LogP contribution in [0, 0.1) is 6.92 Å². The molecular formula is C16H16N2O. The Morgan fingerprint density at radius 1 is 1.16 bits per heavy atom. The van der Waals surface area contributed by atoms with Gasteiger partial charge in [-0.15, -0.1) is 0 Å². The smallest absolute Gasteiger partial charge is 0.137 e. The number of furan rings is 1. The van der Waals surface area contributed by atoms with Crippen LogP contribution in [0.1, 0.15) is 22.9 Å². The molecule has 0 bridgehead atoms. The van der Waals surface area contributed by atoms with E-state index in [4.69, 9.17) is 4.42 Å². The third-order valence-corrected chi connectivity index (χ3v) is 3.37. The first-order chi connectivity index (χ1) is 9.29. The maximum absolute atomic E-state index is 6.02. The molecule has 0 radical (unpaired) electrons. The van der Waals surface area contributed by atoms with Crippen molar-refractivity contribution in [2.45, 2.75) is 13.0 Å². The van der Waals surface area contributed by atoms with Crippen molar-refractivity contribution in [1.82, 2.24) is 10.3 Å². The van der Waals surface area contributed by atoms with Crippen LogP contribution in [0.25, 0.3) is 11.0 Å². The fraction of sp³-hybridized carbons (Fsp3) is 0.188. The summed E-state index contributed by atoms with van der Waals surface area (Å²) in [5.74, 6) is 0.929. The van der Waals surface area contributed by atoms with Crippen LogP contribution in [0.5, 0.6) is 0 Å². The first-order valence-electron chi connectivity index (χ1n) is 6.36. The Morgan fingerprint density at radius 3 is 2.63 bits per heavy atom. The van der Waals surface area contributed by atoms with Gasteiger partial charge in [-0.1, -0.05) is 18.2 Å². The Balaban J connectivity index is 2.09. The van der Waals surface area contributed by atoms with E-state index in [1.807, 2.05) is 19.2 Å². The molecule has 0 spiro atoms. The number of nitrogens with one attached hydrogen (secondary N) is 1. The zero-order valence-corrected chi connectivity index (χ0v) is 11.1. The molecule has 3 nitrogen and oxygen atoms in total. The van der Waals surface area contributed by atoms with E-state index in [-0.39, 0.29) is 6.04 Å². The molecule has 1 unspecified atom stereocenters. The van der Waals surface area contributed by atoms with Gasteiger partial charge in [0, 0.05) is 17.8 Å². The van der Waals surface area contributed by atoms with Gasteiger partial charge in [0.2, 0.25) is 0 Å². The van der Waals surface area contributed by atoms with Crippen LogP contribution in [-0.4, -0.2) is 12.0 Å². The van der Waals surface area contributed by atoms with E-state index in [9.17, 15) is 0 Å². The molecule has 0 aliphatic rings. The lowest BCUT2D eigenvalue weighted by Crippen LogP contribution is -2.16. The van der Waals surface area contributed by atoms with E-state index in [2.05, 4.69) is 41.5 Å². The second kappa shape index (κ2) is 4.86. The summed E-state index contributed by atoms with van der Waals surface area (Å²) in [6, 6.07) is 12.4. The van der Waals surface area contributed by atoms with Crippen molar-refractivity contribution in [3.8, 4) is 0 Å². The standard InChI is InChI=1S/C16H16N2O/c1-11-4-3-5-13-10-14(19-16(11)13)15(17-2)12-6-8-18-9-7-12/h3-10,15,17H,1-2H3. The Kier molecular flexibility index (Phi) is 3.05. The largest absolute Gasteiger partial charge is 0.459 e. The van der Waals surface area contributed by atoms with Gasteiger partial charge < -0.3 is 9.73 Å². The molecule has 3 heteroatoms. The van der Waals surface area contributed by atoms with E-state index in [0.29, 0.717) is 0 Å². The van der Waals surface area contributed by atoms with Crippen LogP contribution >= 0.6 is 0 Å². The average Bonchev–Trinajstić information content (AvgIpc) is 2.86. The zero-order chi connectivity index (χ0) is 13.2. The summed E-state index contributed by atoms with van der Waals surface area (Å²) in [6.45, 7) is 2.07. The Hall–Kier alpha value is -2.13. The lowest BCUT2D eigenvalue weighted by molar-refractivity contribution is 0.490. The molecule has 1 atom stereocenters. The summed E-state index contributed by atoms with van der Waals surface area (Å²) < 4.78 is 6.02. The number of hydrogen-bond acceptors (Lipinski definition) is 3. The highest BCUT2D eigenvalue weighted by Crippen LogP contribution is 2.29. The van der Waals surface area contributed by atoms with Crippen LogP contribution < -0.4 is 5.32 Å². The number of para-hydroxylation sites is 1. The van der Waals surface area contributed by atoms with E-state index in [0.717, 1.165) is 27.9 Å². The number of aryl methyl sites for hydroxylation is 1. The molecule has 3 aromatic rings. The predicted molar refractivity (Wildman–Crippen MR) is 76.1 cm³/mol. The second-order valence-corrected chi connectivity index (χ2v) is 4.64. The molecule has 3 rings (SSSR count). The first kappa shape index (κ1) is 11.9. The predicted octanol–water partition coefficient (Wildman–Crippen LogP) is 3.45. The third-order valence-electron chi connectivity index (χ3n) is 3.37. The SMILES string of the molecule is CNC(c1ccncc1)c1cc2cccc(C)c2o1. The summed E-state index contributed by atoms with van der Waals surface area (Å²) in [5.41, 5.74) is 3.27. The van der Waals surface area contributed by atoms with Gasteiger partial charge in [0.05, 0.1) is 6.04 Å². The van der Waals surface area contributed by atoms with E-state index >= 15 is 0 Å². The number of nitrogens with zero attached hydrogens (tertiary/aromatic N) is 1. The van der Waals surface area contributed by atoms with Gasteiger partial charge in [0.25, 0.3) is 0 Å². The summed E-state index contributed by atoms with van der Waals surface area (Å²) in [5, 5.41) is 4.44. The number of benzene rings is 1. The zero-order valence-electron chi connectivity index (χ0n) is 11.1. The minimum atomic E-state index is 0.0507. The van der Waals surface area contributed by atoms with Crippen molar-refractivity contribution < 1.29 is 4.42 Å². The summed E-state index contributed by atoms with van der Waals surface area (Å²) in [6.07, 6.45) is 3.60. The topological polar surface area (TPSA) is 38.1 Å². The van der Waals surface area contributed by atoms with Crippen molar-refractivity contribution in [3.05, 3.63) is 65.7 Å². The van der Waals surface area contributed by atoms with Gasteiger partial charge in [-0.2, -0.15) is 0 Å². The molecular weight excluding hydrogens is 236 g/mol. The van der Waals surface area contributed by atoms with Crippen LogP contribution in [0.2, 0.25) is 0 Å². The molecule has 96 valence electrons. The Bertz CT molecular complexity index is 688. The molecule has 0 aliphatic carbocycles. The minimum absolute atomic E-state index is 0.0507. The maximum Gasteiger partial charge on any atom is 0.137 e. The lowest BCUT2D eigenvalue weighted by Gasteiger charge is -2.13. The summed E-state index contributed by atoms with van der Waals surface area (Å²) in [4.78, 5) is 4.05. The molecule has 0 amide bonds. The van der Waals surface area contributed by atoms with E-state index in [1.165, 1.54) is 0 Å². The van der Waals surface area contributed by atoms with Crippen molar-refractivity contribution in [3.63, 3.8) is 0 Å². The molecule has 0 saturated heterocycles. The quantitative estimate of drug-likeness (QED) is 0.776. The highest BCUT2D eigenvalue weighted by atomic mass is 16.3. The van der Waals surface area contributed by atoms with Crippen LogP contribution in [-0.2, 0) is 0 Å². The van der Waals surface area contributed by atoms with E-state index < -0.39 is 0 Å². The first-order valence-corrected chi connectivity index (χ1v) is 6.36. The van der Waals surface area contributed by atoms with Gasteiger partial charge in [-0.25, -0.2) is 0 Å². The third kappa shape index (κ3) is 2.13. The molecule has 2 heterocycles. The van der Waals surface area contributed by atoms with Crippen LogP contribution in [0.3, 0.4) is 0 Å². The number of fused-ring (bicyclic) bond motifs is 1. The normalized spacial score (nSPS) is 12.7. The Morgan fingerprint density at radius 2 is 1.95 bits per heavy atom.